The van der Waals surface area contributed by atoms with Crippen molar-refractivity contribution in [3.63, 3.8) is 0 Å². The van der Waals surface area contributed by atoms with Gasteiger partial charge in [0.15, 0.2) is 5.82 Å². The molecule has 0 aliphatic rings. The number of benzene rings is 2. The van der Waals surface area contributed by atoms with Gasteiger partial charge in [-0.2, -0.15) is 5.10 Å². The van der Waals surface area contributed by atoms with Gasteiger partial charge in [-0.25, -0.2) is 18.9 Å². The predicted octanol–water partition coefficient (Wildman–Crippen LogP) is 2.09. The van der Waals surface area contributed by atoms with Crippen LogP contribution in [0.3, 0.4) is 0 Å². The van der Waals surface area contributed by atoms with E-state index in [4.69, 9.17) is 0 Å². The number of nitrogens with one attached hydrogen (secondary N) is 1. The summed E-state index contributed by atoms with van der Waals surface area (Å²) in [4.78, 5) is 42.5. The summed E-state index contributed by atoms with van der Waals surface area (Å²) in [6.45, 7) is 0. The van der Waals surface area contributed by atoms with Crippen molar-refractivity contribution in [1.82, 2.24) is 24.6 Å². The summed E-state index contributed by atoms with van der Waals surface area (Å²) in [7, 11) is 1.22. The molecule has 4 aromatic rings. The highest BCUT2D eigenvalue weighted by atomic mass is 19.1. The van der Waals surface area contributed by atoms with Crippen LogP contribution in [-0.2, 0) is 0 Å². The second-order valence-electron chi connectivity index (χ2n) is 6.93. The third kappa shape index (κ3) is 3.82. The molecule has 0 fully saturated rings. The molecule has 0 spiro atoms. The number of halogens is 1. The number of carbonyl (C=O) groups is 2. The Morgan fingerprint density at radius 3 is 2.42 bits per heavy atom. The van der Waals surface area contributed by atoms with E-state index in [0.29, 0.717) is 0 Å². The van der Waals surface area contributed by atoms with Crippen LogP contribution in [0.15, 0.2) is 65.7 Å². The fourth-order valence-corrected chi connectivity index (χ4v) is 3.22. The molecule has 166 valence electrons. The van der Waals surface area contributed by atoms with Crippen molar-refractivity contribution in [3.05, 3.63) is 88.4 Å². The summed E-state index contributed by atoms with van der Waals surface area (Å²) in [5.41, 5.74) is -1.23. The van der Waals surface area contributed by atoms with E-state index < -0.39 is 34.8 Å². The van der Waals surface area contributed by atoms with Gasteiger partial charge in [-0.05, 0) is 30.3 Å². The zero-order valence-electron chi connectivity index (χ0n) is 17.1. The molecule has 0 unspecified atom stereocenters. The number of pyridine rings is 1. The van der Waals surface area contributed by atoms with Gasteiger partial charge in [0.2, 0.25) is 0 Å². The van der Waals surface area contributed by atoms with Crippen LogP contribution in [0.25, 0.3) is 17.1 Å². The maximum atomic E-state index is 14.4. The summed E-state index contributed by atoms with van der Waals surface area (Å²) >= 11 is 0. The van der Waals surface area contributed by atoms with E-state index in [1.807, 2.05) is 0 Å². The van der Waals surface area contributed by atoms with Gasteiger partial charge in [0.05, 0.1) is 16.8 Å². The molecular weight excluding hydrogens is 433 g/mol. The smallest absolute Gasteiger partial charge is 0.348 e. The molecule has 2 aromatic heterocycles. The lowest BCUT2D eigenvalue weighted by atomic mass is 10.1. The maximum Gasteiger partial charge on any atom is 0.348 e. The van der Waals surface area contributed by atoms with Crippen LogP contribution in [0.4, 0.5) is 4.39 Å². The van der Waals surface area contributed by atoms with Crippen molar-refractivity contribution in [2.75, 3.05) is 7.05 Å². The minimum absolute atomic E-state index is 0.142. The lowest BCUT2D eigenvalue weighted by Crippen LogP contribution is -2.33. The minimum Gasteiger partial charge on any atom is -0.507 e. The first-order chi connectivity index (χ1) is 15.8. The average Bonchev–Trinajstić information content (AvgIpc) is 3.19. The lowest BCUT2D eigenvalue weighted by Gasteiger charge is -2.17. The fourth-order valence-electron chi connectivity index (χ4n) is 3.22. The molecule has 10 nitrogen and oxygen atoms in total. The molecule has 2 aromatic carbocycles. The zero-order valence-corrected chi connectivity index (χ0v) is 17.1. The molecule has 0 aliphatic carbocycles. The van der Waals surface area contributed by atoms with Gasteiger partial charge in [-0.1, -0.05) is 12.1 Å². The molecule has 0 bridgehead atoms. The number of aromatic amines is 1. The Labute approximate surface area is 185 Å². The van der Waals surface area contributed by atoms with E-state index >= 15 is 0 Å². The molecular formula is C22H16FN5O5. The quantitative estimate of drug-likeness (QED) is 0.405. The molecule has 0 atom stereocenters. The summed E-state index contributed by atoms with van der Waals surface area (Å²) in [6.07, 6.45) is 2.78. The van der Waals surface area contributed by atoms with E-state index in [9.17, 15) is 29.0 Å². The van der Waals surface area contributed by atoms with E-state index in [1.165, 1.54) is 49.8 Å². The molecule has 0 radical (unpaired) electrons. The van der Waals surface area contributed by atoms with E-state index in [2.05, 4.69) is 15.2 Å². The van der Waals surface area contributed by atoms with E-state index in [1.54, 1.807) is 0 Å². The van der Waals surface area contributed by atoms with Gasteiger partial charge >= 0.3 is 5.69 Å². The number of hydrogen-bond acceptors (Lipinski definition) is 7. The van der Waals surface area contributed by atoms with Gasteiger partial charge in [-0.15, -0.1) is 0 Å². The molecule has 4 rings (SSSR count). The van der Waals surface area contributed by atoms with Crippen molar-refractivity contribution in [2.45, 2.75) is 0 Å². The van der Waals surface area contributed by atoms with Crippen LogP contribution >= 0.6 is 0 Å². The summed E-state index contributed by atoms with van der Waals surface area (Å²) in [5, 5.41) is 26.7. The molecule has 0 saturated carbocycles. The van der Waals surface area contributed by atoms with Crippen molar-refractivity contribution in [2.24, 2.45) is 0 Å². The highest BCUT2D eigenvalue weighted by Crippen LogP contribution is 2.35. The average molecular weight is 449 g/mol. The summed E-state index contributed by atoms with van der Waals surface area (Å²) in [5.74, 6) is -3.60. The van der Waals surface area contributed by atoms with Crippen molar-refractivity contribution in [3.8, 4) is 28.6 Å². The van der Waals surface area contributed by atoms with Gasteiger partial charge in [0.25, 0.3) is 11.8 Å². The topological polar surface area (TPSA) is 141 Å². The number of nitrogens with zero attached hydrogens (tertiary/aromatic N) is 4. The Morgan fingerprint density at radius 1 is 1.03 bits per heavy atom. The van der Waals surface area contributed by atoms with Gasteiger partial charge in [0, 0.05) is 31.1 Å². The Hall–Kier alpha value is -4.80. The number of para-hydroxylation sites is 1. The third-order valence-electron chi connectivity index (χ3n) is 4.89. The van der Waals surface area contributed by atoms with Crippen molar-refractivity contribution in [1.29, 1.82) is 0 Å². The Bertz CT molecular complexity index is 1430. The number of rotatable bonds is 4. The number of hydrogen-bond donors (Lipinski definition) is 3. The number of aromatic nitrogens is 4. The SMILES string of the molecule is CN(C(=O)c1ccncc1)C(=O)c1cc(-c2n[nH]c(=O)n2-c2ccccc2F)c(O)cc1O. The first-order valence-corrected chi connectivity index (χ1v) is 9.50. The number of imide groups is 1. The van der Waals surface area contributed by atoms with Crippen LogP contribution in [0.1, 0.15) is 20.7 Å². The van der Waals surface area contributed by atoms with E-state index in [-0.39, 0.29) is 28.2 Å². The van der Waals surface area contributed by atoms with Gasteiger partial charge in [0.1, 0.15) is 17.3 Å². The zero-order chi connectivity index (χ0) is 23.7. The highest BCUT2D eigenvalue weighted by molar-refractivity contribution is 6.11. The van der Waals surface area contributed by atoms with Crippen LogP contribution < -0.4 is 5.69 Å². The van der Waals surface area contributed by atoms with Gasteiger partial charge in [-0.3, -0.25) is 19.5 Å². The largest absolute Gasteiger partial charge is 0.507 e. The second kappa shape index (κ2) is 8.38. The monoisotopic (exact) mass is 449 g/mol. The van der Waals surface area contributed by atoms with Crippen LogP contribution in [0.5, 0.6) is 11.5 Å². The standard InChI is InChI=1S/C22H16FN5O5/c1-27(20(31)12-6-8-24-9-7-12)21(32)14-10-13(17(29)11-18(14)30)19-25-26-22(33)28(19)16-5-3-2-4-15(16)23/h2-11,29-30H,1H3,(H,26,33). The number of phenols is 2. The lowest BCUT2D eigenvalue weighted by molar-refractivity contribution is 0.0654. The Morgan fingerprint density at radius 2 is 1.73 bits per heavy atom. The maximum absolute atomic E-state index is 14.4. The molecule has 2 amide bonds. The Kier molecular flexibility index (Phi) is 5.44. The summed E-state index contributed by atoms with van der Waals surface area (Å²) in [6, 6.07) is 10.2. The van der Waals surface area contributed by atoms with Crippen molar-refractivity contribution >= 4 is 11.8 Å². The van der Waals surface area contributed by atoms with Crippen molar-refractivity contribution < 1.29 is 24.2 Å². The van der Waals surface area contributed by atoms with Crippen LogP contribution in [-0.4, -0.2) is 53.7 Å². The number of carbonyl (C=O) groups excluding carboxylic acids is 2. The van der Waals surface area contributed by atoms with Gasteiger partial charge < -0.3 is 10.2 Å². The molecule has 33 heavy (non-hydrogen) atoms. The third-order valence-corrected chi connectivity index (χ3v) is 4.89. The summed E-state index contributed by atoms with van der Waals surface area (Å²) < 4.78 is 15.2. The minimum atomic E-state index is -0.883. The second-order valence-corrected chi connectivity index (χ2v) is 6.93. The number of amides is 2. The molecule has 3 N–H and O–H groups in total. The molecule has 11 heteroatoms. The van der Waals surface area contributed by atoms with E-state index in [0.717, 1.165) is 27.7 Å². The molecule has 2 heterocycles. The number of aromatic hydroxyl groups is 2. The fraction of sp³-hybridized carbons (Fsp3) is 0.0455. The van der Waals surface area contributed by atoms with Crippen LogP contribution in [0.2, 0.25) is 0 Å². The molecule has 0 aliphatic heterocycles. The first-order valence-electron chi connectivity index (χ1n) is 9.50. The predicted molar refractivity (Wildman–Crippen MR) is 114 cm³/mol. The molecule has 0 saturated heterocycles. The first kappa shape index (κ1) is 21.4. The number of phenolic OH excluding ortho intramolecular Hbond substituents is 2. The van der Waals surface area contributed by atoms with Crippen LogP contribution in [0, 0.1) is 5.82 Å². The number of H-pyrrole nitrogens is 1. The Balaban J connectivity index is 1.80. The normalized spacial score (nSPS) is 10.7. The highest BCUT2D eigenvalue weighted by Gasteiger charge is 2.26.